The summed E-state index contributed by atoms with van der Waals surface area (Å²) in [5.41, 5.74) is 1.16. The number of imidazole rings is 1. The van der Waals surface area contributed by atoms with Crippen molar-refractivity contribution in [2.75, 3.05) is 6.54 Å². The van der Waals surface area contributed by atoms with Crippen LogP contribution in [0.1, 0.15) is 37.7 Å². The van der Waals surface area contributed by atoms with Crippen LogP contribution in [0.15, 0.2) is 24.8 Å². The summed E-state index contributed by atoms with van der Waals surface area (Å²) in [4.78, 5) is 4.49. The second kappa shape index (κ2) is 5.82. The molecule has 0 aromatic carbocycles. The zero-order valence-electron chi connectivity index (χ0n) is 11.3. The molecule has 2 heterocycles. The average molecular weight is 247 g/mol. The van der Waals surface area contributed by atoms with Gasteiger partial charge in [-0.3, -0.25) is 4.68 Å². The maximum absolute atomic E-state index is 4.49. The molecule has 0 saturated heterocycles. The van der Waals surface area contributed by atoms with E-state index in [9.17, 15) is 0 Å². The lowest BCUT2D eigenvalue weighted by atomic mass is 10.1. The quantitative estimate of drug-likeness (QED) is 0.845. The Hall–Kier alpha value is -1.62. The molecule has 0 radical (unpaired) electrons. The SMILES string of the molecule is CCCNC(c1cnn(C)c1)c1nccn1CC. The first kappa shape index (κ1) is 12.8. The summed E-state index contributed by atoms with van der Waals surface area (Å²) in [6.45, 7) is 6.20. The standard InChI is InChI=1S/C13H21N5/c1-4-6-14-12(11-9-16-17(3)10-11)13-15-7-8-18(13)5-2/h7-10,12,14H,4-6H2,1-3H3. The molecule has 2 rings (SSSR count). The fourth-order valence-electron chi connectivity index (χ4n) is 2.08. The molecule has 0 aliphatic rings. The van der Waals surface area contributed by atoms with E-state index >= 15 is 0 Å². The van der Waals surface area contributed by atoms with Crippen molar-refractivity contribution in [3.63, 3.8) is 0 Å². The Morgan fingerprint density at radius 3 is 2.83 bits per heavy atom. The molecule has 5 heteroatoms. The molecule has 0 amide bonds. The van der Waals surface area contributed by atoms with Gasteiger partial charge in [0, 0.05) is 37.7 Å². The van der Waals surface area contributed by atoms with Gasteiger partial charge < -0.3 is 9.88 Å². The largest absolute Gasteiger partial charge is 0.334 e. The molecule has 0 spiro atoms. The van der Waals surface area contributed by atoms with Gasteiger partial charge in [-0.05, 0) is 19.9 Å². The van der Waals surface area contributed by atoms with Crippen molar-refractivity contribution in [2.24, 2.45) is 7.05 Å². The first-order valence-electron chi connectivity index (χ1n) is 6.49. The van der Waals surface area contributed by atoms with Crippen LogP contribution in [0.2, 0.25) is 0 Å². The number of hydrogen-bond acceptors (Lipinski definition) is 3. The van der Waals surface area contributed by atoms with Crippen molar-refractivity contribution in [3.05, 3.63) is 36.2 Å². The highest BCUT2D eigenvalue weighted by atomic mass is 15.2. The second-order valence-corrected chi connectivity index (χ2v) is 4.41. The predicted molar refractivity (Wildman–Crippen MR) is 71.2 cm³/mol. The minimum Gasteiger partial charge on any atom is -0.334 e. The average Bonchev–Trinajstić information content (AvgIpc) is 2.99. The van der Waals surface area contributed by atoms with Crippen LogP contribution in [0.3, 0.4) is 0 Å². The smallest absolute Gasteiger partial charge is 0.130 e. The molecule has 18 heavy (non-hydrogen) atoms. The van der Waals surface area contributed by atoms with Crippen molar-refractivity contribution < 1.29 is 0 Å². The van der Waals surface area contributed by atoms with Crippen molar-refractivity contribution in [1.82, 2.24) is 24.6 Å². The van der Waals surface area contributed by atoms with Gasteiger partial charge in [-0.25, -0.2) is 4.98 Å². The summed E-state index contributed by atoms with van der Waals surface area (Å²) in [5.74, 6) is 1.05. The van der Waals surface area contributed by atoms with E-state index in [0.29, 0.717) is 0 Å². The monoisotopic (exact) mass is 247 g/mol. The van der Waals surface area contributed by atoms with Crippen LogP contribution < -0.4 is 5.32 Å². The zero-order chi connectivity index (χ0) is 13.0. The van der Waals surface area contributed by atoms with E-state index in [2.05, 4.69) is 33.8 Å². The van der Waals surface area contributed by atoms with E-state index in [1.165, 1.54) is 0 Å². The molecule has 0 aliphatic heterocycles. The van der Waals surface area contributed by atoms with E-state index in [-0.39, 0.29) is 6.04 Å². The Morgan fingerprint density at radius 2 is 2.22 bits per heavy atom. The first-order valence-corrected chi connectivity index (χ1v) is 6.49. The van der Waals surface area contributed by atoms with E-state index < -0.39 is 0 Å². The highest BCUT2D eigenvalue weighted by Crippen LogP contribution is 2.20. The molecule has 2 aromatic heterocycles. The van der Waals surface area contributed by atoms with Gasteiger partial charge >= 0.3 is 0 Å². The van der Waals surface area contributed by atoms with Crippen LogP contribution in [-0.4, -0.2) is 25.9 Å². The van der Waals surface area contributed by atoms with Crippen molar-refractivity contribution in [3.8, 4) is 0 Å². The molecule has 0 bridgehead atoms. The van der Waals surface area contributed by atoms with Crippen molar-refractivity contribution in [2.45, 2.75) is 32.9 Å². The van der Waals surface area contributed by atoms with Crippen LogP contribution in [0.5, 0.6) is 0 Å². The summed E-state index contributed by atoms with van der Waals surface area (Å²) in [6, 6.07) is 0.119. The molecule has 5 nitrogen and oxygen atoms in total. The van der Waals surface area contributed by atoms with E-state index in [4.69, 9.17) is 0 Å². The topological polar surface area (TPSA) is 47.7 Å². The molecule has 1 N–H and O–H groups in total. The molecule has 0 saturated carbocycles. The fraction of sp³-hybridized carbons (Fsp3) is 0.538. The highest BCUT2D eigenvalue weighted by molar-refractivity contribution is 5.20. The molecular formula is C13H21N5. The number of aryl methyl sites for hydroxylation is 2. The normalized spacial score (nSPS) is 12.8. The van der Waals surface area contributed by atoms with E-state index in [1.807, 2.05) is 36.5 Å². The zero-order valence-corrected chi connectivity index (χ0v) is 11.3. The van der Waals surface area contributed by atoms with Crippen LogP contribution in [-0.2, 0) is 13.6 Å². The molecule has 0 aliphatic carbocycles. The Morgan fingerprint density at radius 1 is 1.39 bits per heavy atom. The number of nitrogens with zero attached hydrogens (tertiary/aromatic N) is 4. The summed E-state index contributed by atoms with van der Waals surface area (Å²) in [7, 11) is 1.94. The molecule has 0 fully saturated rings. The number of nitrogens with one attached hydrogen (secondary N) is 1. The van der Waals surface area contributed by atoms with Gasteiger partial charge in [-0.1, -0.05) is 6.92 Å². The number of rotatable bonds is 6. The van der Waals surface area contributed by atoms with Gasteiger partial charge in [0.25, 0.3) is 0 Å². The third-order valence-corrected chi connectivity index (χ3v) is 3.00. The number of hydrogen-bond donors (Lipinski definition) is 1. The van der Waals surface area contributed by atoms with Gasteiger partial charge in [0.2, 0.25) is 0 Å². The highest BCUT2D eigenvalue weighted by Gasteiger charge is 2.19. The van der Waals surface area contributed by atoms with Crippen LogP contribution >= 0.6 is 0 Å². The van der Waals surface area contributed by atoms with E-state index in [1.54, 1.807) is 0 Å². The summed E-state index contributed by atoms with van der Waals surface area (Å²) in [5, 5.41) is 7.79. The summed E-state index contributed by atoms with van der Waals surface area (Å²) in [6.07, 6.45) is 8.93. The first-order chi connectivity index (χ1) is 8.76. The maximum atomic E-state index is 4.49. The molecule has 1 unspecified atom stereocenters. The second-order valence-electron chi connectivity index (χ2n) is 4.41. The Bertz CT molecular complexity index is 485. The maximum Gasteiger partial charge on any atom is 0.130 e. The minimum absolute atomic E-state index is 0.119. The Labute approximate surface area is 108 Å². The van der Waals surface area contributed by atoms with E-state index in [0.717, 1.165) is 30.9 Å². The lowest BCUT2D eigenvalue weighted by Crippen LogP contribution is -2.26. The van der Waals surface area contributed by atoms with Crippen LogP contribution in [0.4, 0.5) is 0 Å². The van der Waals surface area contributed by atoms with Crippen molar-refractivity contribution in [1.29, 1.82) is 0 Å². The predicted octanol–water partition coefficient (Wildman–Crippen LogP) is 1.73. The van der Waals surface area contributed by atoms with Gasteiger partial charge in [0.1, 0.15) is 5.82 Å². The van der Waals surface area contributed by atoms with Crippen LogP contribution in [0.25, 0.3) is 0 Å². The fourth-order valence-corrected chi connectivity index (χ4v) is 2.08. The van der Waals surface area contributed by atoms with Gasteiger partial charge in [-0.15, -0.1) is 0 Å². The summed E-state index contributed by atoms with van der Waals surface area (Å²) >= 11 is 0. The Kier molecular flexibility index (Phi) is 4.15. The molecular weight excluding hydrogens is 226 g/mol. The lowest BCUT2D eigenvalue weighted by molar-refractivity contribution is 0.541. The van der Waals surface area contributed by atoms with Crippen LogP contribution in [0, 0.1) is 0 Å². The summed E-state index contributed by atoms with van der Waals surface area (Å²) < 4.78 is 4.00. The van der Waals surface area contributed by atoms with Gasteiger partial charge in [0.05, 0.1) is 12.2 Å². The lowest BCUT2D eigenvalue weighted by Gasteiger charge is -2.17. The van der Waals surface area contributed by atoms with Gasteiger partial charge in [0.15, 0.2) is 0 Å². The Balaban J connectivity index is 2.30. The van der Waals surface area contributed by atoms with Gasteiger partial charge in [-0.2, -0.15) is 5.10 Å². The molecule has 98 valence electrons. The third kappa shape index (κ3) is 2.61. The van der Waals surface area contributed by atoms with Crippen molar-refractivity contribution >= 4 is 0 Å². The number of aromatic nitrogens is 4. The molecule has 2 aromatic rings. The minimum atomic E-state index is 0.119. The molecule has 1 atom stereocenters. The third-order valence-electron chi connectivity index (χ3n) is 3.00.